The molecule has 1 aromatic carbocycles. The van der Waals surface area contributed by atoms with Crippen molar-refractivity contribution in [2.24, 2.45) is 0 Å². The minimum absolute atomic E-state index is 0.727. The maximum absolute atomic E-state index is 4.59. The summed E-state index contributed by atoms with van der Waals surface area (Å²) < 4.78 is 4.09. The largest absolute Gasteiger partial charge is 0.327 e. The first-order valence-electron chi connectivity index (χ1n) is 7.86. The Hall–Kier alpha value is -3.21. The fraction of sp³-hybridized carbons (Fsp3) is 0.105. The molecule has 0 atom stereocenters. The third-order valence-electron chi connectivity index (χ3n) is 3.97. The molecule has 0 saturated carbocycles. The number of nitrogens with zero attached hydrogens (tertiary/aromatic N) is 5. The summed E-state index contributed by atoms with van der Waals surface area (Å²) in [7, 11) is 0. The van der Waals surface area contributed by atoms with Gasteiger partial charge in [-0.25, -0.2) is 4.98 Å². The zero-order chi connectivity index (χ0) is 16.2. The molecule has 0 aliphatic carbocycles. The molecule has 0 bridgehead atoms. The van der Waals surface area contributed by atoms with Gasteiger partial charge in [0, 0.05) is 49.3 Å². The fourth-order valence-electron chi connectivity index (χ4n) is 2.81. The summed E-state index contributed by atoms with van der Waals surface area (Å²) in [6, 6.07) is 14.3. The molecule has 0 N–H and O–H groups in total. The summed E-state index contributed by atoms with van der Waals surface area (Å²) >= 11 is 0. The van der Waals surface area contributed by atoms with Crippen molar-refractivity contribution in [2.45, 2.75) is 13.1 Å². The van der Waals surface area contributed by atoms with Crippen LogP contribution >= 0.6 is 0 Å². The first-order valence-corrected chi connectivity index (χ1v) is 7.86. The second-order valence-electron chi connectivity index (χ2n) is 5.60. The summed E-state index contributed by atoms with van der Waals surface area (Å²) in [6.45, 7) is 1.50. The lowest BCUT2D eigenvalue weighted by molar-refractivity contribution is 0.686. The highest BCUT2D eigenvalue weighted by Gasteiger charge is 2.11. The van der Waals surface area contributed by atoms with Crippen LogP contribution in [0.2, 0.25) is 0 Å². The maximum Gasteiger partial charge on any atom is 0.140 e. The molecule has 118 valence electrons. The highest BCUT2D eigenvalue weighted by molar-refractivity contribution is 5.61. The van der Waals surface area contributed by atoms with Crippen LogP contribution in [-0.4, -0.2) is 24.3 Å². The van der Waals surface area contributed by atoms with Crippen LogP contribution < -0.4 is 0 Å². The molecule has 0 unspecified atom stereocenters. The minimum Gasteiger partial charge on any atom is -0.327 e. The van der Waals surface area contributed by atoms with Crippen LogP contribution in [-0.2, 0) is 13.1 Å². The van der Waals surface area contributed by atoms with Crippen molar-refractivity contribution in [2.75, 3.05) is 0 Å². The van der Waals surface area contributed by atoms with E-state index in [1.54, 1.807) is 6.20 Å². The number of hydrogen-bond acceptors (Lipinski definition) is 3. The lowest BCUT2D eigenvalue weighted by Gasteiger charge is -2.12. The van der Waals surface area contributed by atoms with E-state index in [0.717, 1.165) is 24.5 Å². The zero-order valence-electron chi connectivity index (χ0n) is 13.2. The highest BCUT2D eigenvalue weighted by Crippen LogP contribution is 2.23. The van der Waals surface area contributed by atoms with Gasteiger partial charge in [0.2, 0.25) is 0 Å². The van der Waals surface area contributed by atoms with Crippen molar-refractivity contribution in [3.63, 3.8) is 0 Å². The molecule has 0 spiro atoms. The lowest BCUT2D eigenvalue weighted by atomic mass is 10.1. The molecule has 0 saturated heterocycles. The number of imidazole rings is 1. The average molecular weight is 315 g/mol. The van der Waals surface area contributed by atoms with Crippen LogP contribution in [0.1, 0.15) is 11.1 Å². The van der Waals surface area contributed by atoms with Crippen LogP contribution in [0, 0.1) is 0 Å². The zero-order valence-corrected chi connectivity index (χ0v) is 13.2. The van der Waals surface area contributed by atoms with E-state index in [0.29, 0.717) is 0 Å². The molecular formula is C19H17N5. The van der Waals surface area contributed by atoms with Gasteiger partial charge in [0.25, 0.3) is 0 Å². The van der Waals surface area contributed by atoms with Gasteiger partial charge in [-0.3, -0.25) is 9.67 Å². The summed E-state index contributed by atoms with van der Waals surface area (Å²) in [5.74, 6) is 0.967. The molecule has 0 fully saturated rings. The van der Waals surface area contributed by atoms with Gasteiger partial charge in [-0.15, -0.1) is 0 Å². The molecule has 3 heterocycles. The van der Waals surface area contributed by atoms with Crippen molar-refractivity contribution in [3.8, 4) is 11.4 Å². The Morgan fingerprint density at radius 2 is 1.67 bits per heavy atom. The molecule has 0 radical (unpaired) electrons. The van der Waals surface area contributed by atoms with Crippen LogP contribution in [0.15, 0.2) is 79.6 Å². The third-order valence-corrected chi connectivity index (χ3v) is 3.97. The smallest absolute Gasteiger partial charge is 0.140 e. The summed E-state index contributed by atoms with van der Waals surface area (Å²) in [6.07, 6.45) is 11.3. The number of rotatable bonds is 5. The summed E-state index contributed by atoms with van der Waals surface area (Å²) in [5.41, 5.74) is 3.53. The van der Waals surface area contributed by atoms with Crippen LogP contribution in [0.5, 0.6) is 0 Å². The normalized spacial score (nSPS) is 10.8. The quantitative estimate of drug-likeness (QED) is 0.568. The van der Waals surface area contributed by atoms with Gasteiger partial charge < -0.3 is 4.57 Å². The van der Waals surface area contributed by atoms with Gasteiger partial charge >= 0.3 is 0 Å². The predicted molar refractivity (Wildman–Crippen MR) is 92.3 cm³/mol. The van der Waals surface area contributed by atoms with Crippen molar-refractivity contribution in [3.05, 3.63) is 90.8 Å². The molecule has 0 amide bonds. The van der Waals surface area contributed by atoms with Gasteiger partial charge in [0.05, 0.1) is 6.54 Å². The van der Waals surface area contributed by atoms with E-state index in [-0.39, 0.29) is 0 Å². The Balaban J connectivity index is 1.69. The molecule has 24 heavy (non-hydrogen) atoms. The first-order chi connectivity index (χ1) is 11.9. The number of pyridine rings is 1. The van der Waals surface area contributed by atoms with E-state index < -0.39 is 0 Å². The van der Waals surface area contributed by atoms with E-state index in [2.05, 4.69) is 37.8 Å². The number of aromatic nitrogens is 5. The first kappa shape index (κ1) is 14.4. The standard InChI is InChI=1S/C19H17N5/c1-2-5-18(17(4-1)15-24-12-3-8-22-24)19-21-11-13-23(19)14-16-6-9-20-10-7-16/h1-13H,14-15H2. The Bertz CT molecular complexity index is 910. The molecule has 4 aromatic rings. The van der Waals surface area contributed by atoms with Crippen molar-refractivity contribution in [1.82, 2.24) is 24.3 Å². The molecule has 4 rings (SSSR count). The molecule has 5 heteroatoms. The number of benzene rings is 1. The van der Waals surface area contributed by atoms with Crippen LogP contribution in [0.4, 0.5) is 0 Å². The van der Waals surface area contributed by atoms with Gasteiger partial charge in [0.15, 0.2) is 0 Å². The topological polar surface area (TPSA) is 48.5 Å². The fourth-order valence-corrected chi connectivity index (χ4v) is 2.81. The Labute approximate surface area is 140 Å². The number of hydrogen-bond donors (Lipinski definition) is 0. The Kier molecular flexibility index (Phi) is 3.90. The molecule has 0 aliphatic heterocycles. The lowest BCUT2D eigenvalue weighted by Crippen LogP contribution is -2.05. The summed E-state index contributed by atoms with van der Waals surface area (Å²) in [5, 5.41) is 4.31. The van der Waals surface area contributed by atoms with Crippen LogP contribution in [0.25, 0.3) is 11.4 Å². The van der Waals surface area contributed by atoms with E-state index >= 15 is 0 Å². The third kappa shape index (κ3) is 2.96. The van der Waals surface area contributed by atoms with E-state index in [1.165, 1.54) is 11.1 Å². The Morgan fingerprint density at radius 3 is 2.50 bits per heavy atom. The van der Waals surface area contributed by atoms with E-state index in [1.807, 2.05) is 59.9 Å². The molecule has 0 aliphatic rings. The predicted octanol–water partition coefficient (Wildman–Crippen LogP) is 3.24. The Morgan fingerprint density at radius 1 is 0.792 bits per heavy atom. The molecule has 3 aromatic heterocycles. The molecular weight excluding hydrogens is 298 g/mol. The monoisotopic (exact) mass is 315 g/mol. The van der Waals surface area contributed by atoms with Gasteiger partial charge in [-0.2, -0.15) is 5.10 Å². The molecule has 5 nitrogen and oxygen atoms in total. The van der Waals surface area contributed by atoms with E-state index in [9.17, 15) is 0 Å². The second-order valence-corrected chi connectivity index (χ2v) is 5.60. The second kappa shape index (κ2) is 6.50. The van der Waals surface area contributed by atoms with Gasteiger partial charge in [-0.1, -0.05) is 24.3 Å². The summed E-state index contributed by atoms with van der Waals surface area (Å²) in [4.78, 5) is 8.67. The minimum atomic E-state index is 0.727. The highest BCUT2D eigenvalue weighted by atomic mass is 15.3. The van der Waals surface area contributed by atoms with Crippen molar-refractivity contribution >= 4 is 0 Å². The van der Waals surface area contributed by atoms with Gasteiger partial charge in [-0.05, 0) is 29.3 Å². The van der Waals surface area contributed by atoms with Crippen LogP contribution in [0.3, 0.4) is 0 Å². The SMILES string of the molecule is c1ccc(-c2nccn2Cc2ccncc2)c(Cn2cccn2)c1. The maximum atomic E-state index is 4.59. The average Bonchev–Trinajstić information content (AvgIpc) is 3.28. The van der Waals surface area contributed by atoms with Crippen molar-refractivity contribution in [1.29, 1.82) is 0 Å². The van der Waals surface area contributed by atoms with E-state index in [4.69, 9.17) is 0 Å². The van der Waals surface area contributed by atoms with Crippen molar-refractivity contribution < 1.29 is 0 Å². The van der Waals surface area contributed by atoms with Gasteiger partial charge in [0.1, 0.15) is 5.82 Å².